The largest absolute Gasteiger partial charge is 0.355 e. The molecule has 2 aromatic rings. The lowest BCUT2D eigenvalue weighted by Gasteiger charge is -2.30. The molecule has 8 heteroatoms. The molecule has 0 saturated carbocycles. The highest BCUT2D eigenvalue weighted by atomic mass is 32.1. The van der Waals surface area contributed by atoms with Gasteiger partial charge in [0.05, 0.1) is 12.5 Å². The van der Waals surface area contributed by atoms with Crippen LogP contribution < -0.4 is 11.1 Å². The number of thiophene rings is 1. The monoisotopic (exact) mass is 335 g/mol. The molecule has 3 heterocycles. The van der Waals surface area contributed by atoms with Gasteiger partial charge in [-0.05, 0) is 30.8 Å². The molecule has 1 amide bonds. The summed E-state index contributed by atoms with van der Waals surface area (Å²) >= 11 is 1.60. The van der Waals surface area contributed by atoms with E-state index in [-0.39, 0.29) is 11.8 Å². The molecular formula is C15H21N5O2S. The second-order valence-corrected chi connectivity index (χ2v) is 6.46. The molecule has 3 rings (SSSR count). The highest BCUT2D eigenvalue weighted by Crippen LogP contribution is 2.21. The van der Waals surface area contributed by atoms with Crippen LogP contribution in [-0.4, -0.2) is 47.1 Å². The third-order valence-corrected chi connectivity index (χ3v) is 4.61. The van der Waals surface area contributed by atoms with Gasteiger partial charge >= 0.3 is 0 Å². The van der Waals surface area contributed by atoms with Crippen LogP contribution >= 0.6 is 11.3 Å². The third kappa shape index (κ3) is 4.15. The predicted octanol–water partition coefficient (Wildman–Crippen LogP) is 1.08. The molecule has 1 aliphatic rings. The quantitative estimate of drug-likeness (QED) is 0.820. The summed E-state index contributed by atoms with van der Waals surface area (Å²) in [5.74, 6) is 1.31. The van der Waals surface area contributed by atoms with Gasteiger partial charge in [0.1, 0.15) is 0 Å². The lowest BCUT2D eigenvalue weighted by molar-refractivity contribution is -0.126. The molecule has 1 unspecified atom stereocenters. The van der Waals surface area contributed by atoms with Crippen molar-refractivity contribution >= 4 is 17.2 Å². The summed E-state index contributed by atoms with van der Waals surface area (Å²) in [5, 5.41) is 10.9. The Morgan fingerprint density at radius 1 is 1.57 bits per heavy atom. The molecule has 1 fully saturated rings. The van der Waals surface area contributed by atoms with Gasteiger partial charge in [0.15, 0.2) is 0 Å². The SMILES string of the molecule is NCCNC(=O)C1CCCN(Cc2nc(-c3ccsc3)no2)C1. The Balaban J connectivity index is 1.56. The summed E-state index contributed by atoms with van der Waals surface area (Å²) < 4.78 is 5.34. The minimum absolute atomic E-state index is 0.00886. The van der Waals surface area contributed by atoms with Crippen molar-refractivity contribution in [2.75, 3.05) is 26.2 Å². The van der Waals surface area contributed by atoms with E-state index in [9.17, 15) is 4.79 Å². The maximum absolute atomic E-state index is 12.1. The van der Waals surface area contributed by atoms with Crippen molar-refractivity contribution < 1.29 is 9.32 Å². The third-order valence-electron chi connectivity index (χ3n) is 3.93. The number of amides is 1. The maximum Gasteiger partial charge on any atom is 0.241 e. The summed E-state index contributed by atoms with van der Waals surface area (Å²) in [6, 6.07) is 1.97. The highest BCUT2D eigenvalue weighted by Gasteiger charge is 2.26. The normalized spacial score (nSPS) is 18.9. The number of nitrogens with zero attached hydrogens (tertiary/aromatic N) is 3. The molecule has 7 nitrogen and oxygen atoms in total. The van der Waals surface area contributed by atoms with Crippen LogP contribution in [0.15, 0.2) is 21.3 Å². The fourth-order valence-corrected chi connectivity index (χ4v) is 3.41. The molecule has 1 atom stereocenters. The first-order chi connectivity index (χ1) is 11.3. The van der Waals surface area contributed by atoms with Crippen LogP contribution in [-0.2, 0) is 11.3 Å². The number of rotatable bonds is 6. The number of nitrogens with two attached hydrogens (primary N) is 1. The second-order valence-electron chi connectivity index (χ2n) is 5.68. The average molecular weight is 335 g/mol. The Hall–Kier alpha value is -1.77. The molecule has 0 aliphatic carbocycles. The molecule has 2 aromatic heterocycles. The van der Waals surface area contributed by atoms with Gasteiger partial charge in [-0.25, -0.2) is 0 Å². The molecule has 0 radical (unpaired) electrons. The summed E-state index contributed by atoms with van der Waals surface area (Å²) in [7, 11) is 0. The summed E-state index contributed by atoms with van der Waals surface area (Å²) in [4.78, 5) is 18.7. The van der Waals surface area contributed by atoms with E-state index in [2.05, 4.69) is 20.4 Å². The maximum atomic E-state index is 12.1. The molecule has 124 valence electrons. The molecule has 3 N–H and O–H groups in total. The molecule has 23 heavy (non-hydrogen) atoms. The second kappa shape index (κ2) is 7.67. The standard InChI is InChI=1S/C15H21N5O2S/c16-4-5-17-15(21)11-2-1-6-20(8-11)9-13-18-14(19-22-13)12-3-7-23-10-12/h3,7,10-11H,1-2,4-6,8-9,16H2,(H,17,21). The minimum atomic E-state index is 0.00886. The van der Waals surface area contributed by atoms with Crippen molar-refractivity contribution in [2.24, 2.45) is 11.7 Å². The molecular weight excluding hydrogens is 314 g/mol. The topological polar surface area (TPSA) is 97.3 Å². The van der Waals surface area contributed by atoms with Crippen LogP contribution in [0, 0.1) is 5.92 Å². The lowest BCUT2D eigenvalue weighted by Crippen LogP contribution is -2.43. The fraction of sp³-hybridized carbons (Fsp3) is 0.533. The van der Waals surface area contributed by atoms with Gasteiger partial charge < -0.3 is 15.6 Å². The molecule has 1 saturated heterocycles. The number of likely N-dealkylation sites (tertiary alicyclic amines) is 1. The van der Waals surface area contributed by atoms with Crippen molar-refractivity contribution in [3.8, 4) is 11.4 Å². The Morgan fingerprint density at radius 2 is 2.48 bits per heavy atom. The van der Waals surface area contributed by atoms with E-state index < -0.39 is 0 Å². The van der Waals surface area contributed by atoms with Crippen LogP contribution in [0.1, 0.15) is 18.7 Å². The number of hydrogen-bond acceptors (Lipinski definition) is 7. The highest BCUT2D eigenvalue weighted by molar-refractivity contribution is 7.08. The first-order valence-electron chi connectivity index (χ1n) is 7.81. The fourth-order valence-electron chi connectivity index (χ4n) is 2.77. The smallest absolute Gasteiger partial charge is 0.241 e. The van der Waals surface area contributed by atoms with Crippen molar-refractivity contribution in [1.82, 2.24) is 20.4 Å². The Kier molecular flexibility index (Phi) is 5.37. The van der Waals surface area contributed by atoms with Gasteiger partial charge in [-0.2, -0.15) is 16.3 Å². The Morgan fingerprint density at radius 3 is 3.26 bits per heavy atom. The van der Waals surface area contributed by atoms with Crippen molar-refractivity contribution in [2.45, 2.75) is 19.4 Å². The van der Waals surface area contributed by atoms with Crippen LogP contribution in [0.25, 0.3) is 11.4 Å². The van der Waals surface area contributed by atoms with Crippen LogP contribution in [0.2, 0.25) is 0 Å². The number of piperidine rings is 1. The number of nitrogens with one attached hydrogen (secondary N) is 1. The van der Waals surface area contributed by atoms with Crippen LogP contribution in [0.3, 0.4) is 0 Å². The number of carbonyl (C=O) groups excluding carboxylic acids is 1. The van der Waals surface area contributed by atoms with Gasteiger partial charge in [0.25, 0.3) is 0 Å². The van der Waals surface area contributed by atoms with Gasteiger partial charge in [0.2, 0.25) is 17.6 Å². The number of hydrogen-bond donors (Lipinski definition) is 2. The molecule has 1 aliphatic heterocycles. The number of aromatic nitrogens is 2. The summed E-state index contributed by atoms with van der Waals surface area (Å²) in [6.45, 7) is 3.24. The minimum Gasteiger partial charge on any atom is -0.355 e. The van der Waals surface area contributed by atoms with Gasteiger partial charge in [-0.1, -0.05) is 5.16 Å². The Labute approximate surface area is 138 Å². The van der Waals surface area contributed by atoms with Crippen LogP contribution in [0.5, 0.6) is 0 Å². The van der Waals surface area contributed by atoms with E-state index in [1.807, 2.05) is 16.8 Å². The van der Waals surface area contributed by atoms with E-state index in [0.29, 0.717) is 37.9 Å². The first kappa shape index (κ1) is 16.1. The van der Waals surface area contributed by atoms with E-state index >= 15 is 0 Å². The van der Waals surface area contributed by atoms with Gasteiger partial charge in [-0.15, -0.1) is 0 Å². The molecule has 0 bridgehead atoms. The van der Waals surface area contributed by atoms with Crippen molar-refractivity contribution in [3.05, 3.63) is 22.7 Å². The average Bonchev–Trinajstić information content (AvgIpc) is 3.24. The summed E-state index contributed by atoms with van der Waals surface area (Å²) in [5.41, 5.74) is 6.40. The number of carbonyl (C=O) groups is 1. The summed E-state index contributed by atoms with van der Waals surface area (Å²) in [6.07, 6.45) is 1.91. The van der Waals surface area contributed by atoms with E-state index in [0.717, 1.165) is 24.9 Å². The molecule has 0 spiro atoms. The van der Waals surface area contributed by atoms with Gasteiger partial charge in [-0.3, -0.25) is 9.69 Å². The van der Waals surface area contributed by atoms with E-state index in [1.165, 1.54) is 0 Å². The lowest BCUT2D eigenvalue weighted by atomic mass is 9.97. The zero-order chi connectivity index (χ0) is 16.1. The van der Waals surface area contributed by atoms with Gasteiger partial charge in [0, 0.05) is 30.6 Å². The van der Waals surface area contributed by atoms with Crippen LogP contribution in [0.4, 0.5) is 0 Å². The molecule has 0 aromatic carbocycles. The van der Waals surface area contributed by atoms with Crippen molar-refractivity contribution in [3.63, 3.8) is 0 Å². The van der Waals surface area contributed by atoms with E-state index in [4.69, 9.17) is 10.3 Å². The first-order valence-corrected chi connectivity index (χ1v) is 8.76. The Bertz CT molecular complexity index is 628. The predicted molar refractivity (Wildman–Crippen MR) is 87.7 cm³/mol. The van der Waals surface area contributed by atoms with Crippen molar-refractivity contribution in [1.29, 1.82) is 0 Å². The van der Waals surface area contributed by atoms with E-state index in [1.54, 1.807) is 11.3 Å². The zero-order valence-corrected chi connectivity index (χ0v) is 13.7. The zero-order valence-electron chi connectivity index (χ0n) is 12.9.